The van der Waals surface area contributed by atoms with E-state index in [0.717, 1.165) is 11.1 Å². The summed E-state index contributed by atoms with van der Waals surface area (Å²) < 4.78 is 5.46. The molecule has 0 aromatic heterocycles. The van der Waals surface area contributed by atoms with Gasteiger partial charge in [-0.15, -0.1) is 0 Å². The van der Waals surface area contributed by atoms with Crippen molar-refractivity contribution in [2.75, 3.05) is 33.0 Å². The van der Waals surface area contributed by atoms with Crippen molar-refractivity contribution >= 4 is 41.4 Å². The number of ether oxygens (including phenoxy) is 1. The first-order chi connectivity index (χ1) is 16.6. The number of likely N-dealkylation sites (N-methyl/N-ethyl adjacent to an activating group) is 1. The summed E-state index contributed by atoms with van der Waals surface area (Å²) in [5, 5.41) is 5.35. The Hall–Kier alpha value is -3.08. The van der Waals surface area contributed by atoms with Gasteiger partial charge in [-0.3, -0.25) is 19.2 Å². The Morgan fingerprint density at radius 3 is 2.66 bits per heavy atom. The van der Waals surface area contributed by atoms with Gasteiger partial charge in [0.25, 0.3) is 0 Å². The molecule has 0 spiro atoms. The standard InChI is InChI=1S/C24H32N4O6S/c1-14-7-5-8-16-17(14)12-35-13-19(23(32)27(3)4)26-21(30)18(11-34-24(16)33)25-22(31)20-9-6-10-28(20)15(2)29/h5,7-8,18-20H,6,9-13H2,1-4H3,(H,25,31)(H,26,30)/t18-,19-,20+/m1/s1. The minimum absolute atomic E-state index is 0.224. The molecule has 2 aliphatic rings. The second-order valence-corrected chi connectivity index (χ2v) is 9.97. The number of hydrogen-bond acceptors (Lipinski definition) is 7. The number of nitrogens with one attached hydrogen (secondary N) is 2. The van der Waals surface area contributed by atoms with Crippen LogP contribution in [0, 0.1) is 6.92 Å². The highest BCUT2D eigenvalue weighted by Crippen LogP contribution is 2.23. The lowest BCUT2D eigenvalue weighted by atomic mass is 10.0. The van der Waals surface area contributed by atoms with E-state index in [4.69, 9.17) is 4.74 Å². The maximum Gasteiger partial charge on any atom is 0.338 e. The second-order valence-electron chi connectivity index (χ2n) is 8.94. The third kappa shape index (κ3) is 6.33. The third-order valence-corrected chi connectivity index (χ3v) is 7.25. The lowest BCUT2D eigenvalue weighted by Gasteiger charge is -2.28. The number of fused-ring (bicyclic) bond motifs is 1. The van der Waals surface area contributed by atoms with Gasteiger partial charge in [0.15, 0.2) is 0 Å². The zero-order valence-electron chi connectivity index (χ0n) is 20.5. The average Bonchev–Trinajstić information content (AvgIpc) is 3.31. The van der Waals surface area contributed by atoms with Crippen LogP contribution in [0.1, 0.15) is 41.3 Å². The molecule has 0 aliphatic carbocycles. The molecule has 190 valence electrons. The fraction of sp³-hybridized carbons (Fsp3) is 0.542. The predicted octanol–water partition coefficient (Wildman–Crippen LogP) is 0.467. The van der Waals surface area contributed by atoms with Crippen molar-refractivity contribution < 1.29 is 28.7 Å². The maximum atomic E-state index is 13.2. The molecule has 1 fully saturated rings. The van der Waals surface area contributed by atoms with Crippen molar-refractivity contribution in [3.8, 4) is 0 Å². The van der Waals surface area contributed by atoms with Crippen LogP contribution in [0.3, 0.4) is 0 Å². The van der Waals surface area contributed by atoms with Crippen molar-refractivity contribution in [2.24, 2.45) is 0 Å². The normalized spacial score (nSPS) is 23.2. The Labute approximate surface area is 209 Å². The molecule has 1 aromatic rings. The number of hydrogen-bond donors (Lipinski definition) is 2. The number of likely N-dealkylation sites (tertiary alicyclic amines) is 1. The van der Waals surface area contributed by atoms with Crippen LogP contribution < -0.4 is 10.6 Å². The van der Waals surface area contributed by atoms with Gasteiger partial charge < -0.3 is 25.2 Å². The zero-order valence-corrected chi connectivity index (χ0v) is 21.3. The molecular formula is C24H32N4O6S. The highest BCUT2D eigenvalue weighted by molar-refractivity contribution is 7.98. The van der Waals surface area contributed by atoms with Gasteiger partial charge in [0.2, 0.25) is 23.6 Å². The number of thioether (sulfide) groups is 1. The first-order valence-electron chi connectivity index (χ1n) is 11.5. The zero-order chi connectivity index (χ0) is 25.7. The number of esters is 1. The van der Waals surface area contributed by atoms with Crippen molar-refractivity contribution in [3.63, 3.8) is 0 Å². The van der Waals surface area contributed by atoms with Crippen molar-refractivity contribution in [1.29, 1.82) is 0 Å². The van der Waals surface area contributed by atoms with Crippen molar-refractivity contribution in [1.82, 2.24) is 20.4 Å². The van der Waals surface area contributed by atoms with Crippen LogP contribution in [0.4, 0.5) is 0 Å². The number of cyclic esters (lactones) is 1. The van der Waals surface area contributed by atoms with Gasteiger partial charge in [-0.05, 0) is 37.0 Å². The molecule has 1 aromatic carbocycles. The lowest BCUT2D eigenvalue weighted by molar-refractivity contribution is -0.139. The number of benzene rings is 1. The molecule has 3 atom stereocenters. The highest BCUT2D eigenvalue weighted by Gasteiger charge is 2.36. The summed E-state index contributed by atoms with van der Waals surface area (Å²) in [5.41, 5.74) is 2.10. The Bertz CT molecular complexity index is 1010. The third-order valence-electron chi connectivity index (χ3n) is 6.19. The molecule has 2 heterocycles. The quantitative estimate of drug-likeness (QED) is 0.573. The van der Waals surface area contributed by atoms with Gasteiger partial charge in [-0.2, -0.15) is 11.8 Å². The number of nitrogens with zero attached hydrogens (tertiary/aromatic N) is 2. The van der Waals surface area contributed by atoms with Gasteiger partial charge >= 0.3 is 5.97 Å². The van der Waals surface area contributed by atoms with Crippen LogP contribution in [-0.4, -0.2) is 90.5 Å². The number of amides is 4. The van der Waals surface area contributed by atoms with Crippen molar-refractivity contribution in [2.45, 2.75) is 50.6 Å². The monoisotopic (exact) mass is 504 g/mol. The van der Waals surface area contributed by atoms with Gasteiger partial charge in [0, 0.05) is 39.1 Å². The smallest absolute Gasteiger partial charge is 0.338 e. The molecule has 3 rings (SSSR count). The number of carbonyl (C=O) groups is 5. The van der Waals surface area contributed by atoms with Crippen LogP contribution in [0.2, 0.25) is 0 Å². The van der Waals surface area contributed by atoms with Crippen molar-refractivity contribution in [3.05, 3.63) is 34.9 Å². The molecule has 1 saturated heterocycles. The van der Waals surface area contributed by atoms with Crippen LogP contribution in [0.15, 0.2) is 18.2 Å². The van der Waals surface area contributed by atoms with E-state index >= 15 is 0 Å². The van der Waals surface area contributed by atoms with E-state index in [-0.39, 0.29) is 17.6 Å². The molecule has 2 aliphatic heterocycles. The lowest BCUT2D eigenvalue weighted by Crippen LogP contribution is -2.58. The van der Waals surface area contributed by atoms with E-state index < -0.39 is 42.5 Å². The molecule has 11 heteroatoms. The SMILES string of the molecule is CC(=O)N1CCC[C@H]1C(=O)N[C@@H]1COC(=O)c2cccc(C)c2CSC[C@H](C(=O)N(C)C)NC1=O. The first kappa shape index (κ1) is 26.5. The first-order valence-corrected chi connectivity index (χ1v) is 12.7. The fourth-order valence-corrected chi connectivity index (χ4v) is 5.39. The van der Waals surface area contributed by atoms with E-state index in [9.17, 15) is 24.0 Å². The van der Waals surface area contributed by atoms with E-state index in [1.807, 2.05) is 13.0 Å². The summed E-state index contributed by atoms with van der Waals surface area (Å²) in [6.45, 7) is 3.34. The Morgan fingerprint density at radius 2 is 1.97 bits per heavy atom. The van der Waals surface area contributed by atoms with Gasteiger partial charge in [0.1, 0.15) is 24.7 Å². The molecule has 0 saturated carbocycles. The number of carbonyl (C=O) groups excluding carboxylic acids is 5. The summed E-state index contributed by atoms with van der Waals surface area (Å²) in [5.74, 6) is -1.48. The van der Waals surface area contributed by atoms with Gasteiger partial charge in [-0.25, -0.2) is 4.79 Å². The number of rotatable bonds is 3. The largest absolute Gasteiger partial charge is 0.459 e. The molecule has 35 heavy (non-hydrogen) atoms. The minimum atomic E-state index is -1.23. The molecule has 0 unspecified atom stereocenters. The van der Waals surface area contributed by atoms with Crippen LogP contribution >= 0.6 is 11.8 Å². The van der Waals surface area contributed by atoms with Crippen LogP contribution in [-0.2, 0) is 29.7 Å². The van der Waals surface area contributed by atoms with E-state index in [1.165, 1.54) is 28.5 Å². The molecular weight excluding hydrogens is 472 g/mol. The molecule has 10 nitrogen and oxygen atoms in total. The molecule has 0 bridgehead atoms. The van der Waals surface area contributed by atoms with Crippen LogP contribution in [0.25, 0.3) is 0 Å². The van der Waals surface area contributed by atoms with E-state index in [0.29, 0.717) is 30.7 Å². The Balaban J connectivity index is 1.88. The summed E-state index contributed by atoms with van der Waals surface area (Å²) in [6, 6.07) is 2.56. The van der Waals surface area contributed by atoms with Gasteiger partial charge in [-0.1, -0.05) is 12.1 Å². The average molecular weight is 505 g/mol. The summed E-state index contributed by atoms with van der Waals surface area (Å²) >= 11 is 1.42. The number of aryl methyl sites for hydroxylation is 1. The van der Waals surface area contributed by atoms with Crippen LogP contribution in [0.5, 0.6) is 0 Å². The fourth-order valence-electron chi connectivity index (χ4n) is 4.23. The summed E-state index contributed by atoms with van der Waals surface area (Å²) in [4.78, 5) is 66.5. The summed E-state index contributed by atoms with van der Waals surface area (Å²) in [7, 11) is 3.21. The molecule has 4 amide bonds. The maximum absolute atomic E-state index is 13.2. The Kier molecular flexibility index (Phi) is 8.76. The molecule has 0 radical (unpaired) electrons. The highest BCUT2D eigenvalue weighted by atomic mass is 32.2. The minimum Gasteiger partial charge on any atom is -0.459 e. The summed E-state index contributed by atoms with van der Waals surface area (Å²) in [6.07, 6.45) is 1.15. The van der Waals surface area contributed by atoms with E-state index in [2.05, 4.69) is 10.6 Å². The van der Waals surface area contributed by atoms with E-state index in [1.54, 1.807) is 26.2 Å². The topological polar surface area (TPSA) is 125 Å². The Morgan fingerprint density at radius 1 is 1.23 bits per heavy atom. The van der Waals surface area contributed by atoms with Gasteiger partial charge in [0.05, 0.1) is 5.56 Å². The second kappa shape index (κ2) is 11.6. The molecule has 2 N–H and O–H groups in total. The predicted molar refractivity (Wildman–Crippen MR) is 131 cm³/mol.